The predicted octanol–water partition coefficient (Wildman–Crippen LogP) is 4.77. The maximum atomic E-state index is 12.5. The molecular formula is C19H33N3O2S. The van der Waals surface area contributed by atoms with Crippen LogP contribution in [0.15, 0.2) is 6.20 Å². The number of anilines is 1. The SMILES string of the molecule is CCCCCCCCC(=O)N(CCCC)CC(=O)Nc1ncc(C)s1. The van der Waals surface area contributed by atoms with Gasteiger partial charge in [0.1, 0.15) is 0 Å². The van der Waals surface area contributed by atoms with Crippen molar-refractivity contribution in [3.05, 3.63) is 11.1 Å². The van der Waals surface area contributed by atoms with Crippen LogP contribution in [0.2, 0.25) is 0 Å². The normalized spacial score (nSPS) is 10.7. The summed E-state index contributed by atoms with van der Waals surface area (Å²) < 4.78 is 0. The van der Waals surface area contributed by atoms with Crippen molar-refractivity contribution in [1.82, 2.24) is 9.88 Å². The summed E-state index contributed by atoms with van der Waals surface area (Å²) in [4.78, 5) is 31.6. The third-order valence-corrected chi connectivity index (χ3v) is 4.91. The van der Waals surface area contributed by atoms with Crippen molar-refractivity contribution in [3.63, 3.8) is 0 Å². The second-order valence-electron chi connectivity index (χ2n) is 6.51. The van der Waals surface area contributed by atoms with Crippen LogP contribution in [0, 0.1) is 6.92 Å². The molecule has 0 atom stereocenters. The monoisotopic (exact) mass is 367 g/mol. The predicted molar refractivity (Wildman–Crippen MR) is 105 cm³/mol. The van der Waals surface area contributed by atoms with Crippen LogP contribution in [0.1, 0.15) is 76.5 Å². The second kappa shape index (κ2) is 12.9. The number of aryl methyl sites for hydroxylation is 1. The van der Waals surface area contributed by atoms with Crippen molar-refractivity contribution in [2.75, 3.05) is 18.4 Å². The second-order valence-corrected chi connectivity index (χ2v) is 7.75. The lowest BCUT2D eigenvalue weighted by atomic mass is 10.1. The molecule has 1 N–H and O–H groups in total. The van der Waals surface area contributed by atoms with Crippen LogP contribution < -0.4 is 5.32 Å². The Labute approximate surface area is 156 Å². The van der Waals surface area contributed by atoms with Gasteiger partial charge in [0, 0.05) is 24.0 Å². The van der Waals surface area contributed by atoms with Gasteiger partial charge >= 0.3 is 0 Å². The molecule has 0 aliphatic heterocycles. The van der Waals surface area contributed by atoms with Gasteiger partial charge in [0.15, 0.2) is 5.13 Å². The summed E-state index contributed by atoms with van der Waals surface area (Å²) in [5.41, 5.74) is 0. The molecule has 1 rings (SSSR count). The van der Waals surface area contributed by atoms with Crippen molar-refractivity contribution < 1.29 is 9.59 Å². The fourth-order valence-electron chi connectivity index (χ4n) is 2.60. The summed E-state index contributed by atoms with van der Waals surface area (Å²) in [5, 5.41) is 3.39. The highest BCUT2D eigenvalue weighted by atomic mass is 32.1. The number of thiazole rings is 1. The molecule has 0 spiro atoms. The van der Waals surface area contributed by atoms with E-state index in [0.717, 1.165) is 30.6 Å². The van der Waals surface area contributed by atoms with E-state index in [0.29, 0.717) is 18.1 Å². The number of unbranched alkanes of at least 4 members (excludes halogenated alkanes) is 6. The first-order chi connectivity index (χ1) is 12.1. The van der Waals surface area contributed by atoms with E-state index in [-0.39, 0.29) is 18.4 Å². The molecule has 1 heterocycles. The Balaban J connectivity index is 2.40. The number of amides is 2. The van der Waals surface area contributed by atoms with Crippen molar-refractivity contribution in [2.45, 2.75) is 78.6 Å². The van der Waals surface area contributed by atoms with Gasteiger partial charge < -0.3 is 10.2 Å². The lowest BCUT2D eigenvalue weighted by molar-refractivity contribution is -0.134. The number of aromatic nitrogens is 1. The number of hydrogen-bond acceptors (Lipinski definition) is 4. The van der Waals surface area contributed by atoms with Crippen molar-refractivity contribution in [3.8, 4) is 0 Å². The number of carbonyl (C=O) groups excluding carboxylic acids is 2. The maximum absolute atomic E-state index is 12.5. The average Bonchev–Trinajstić information content (AvgIpc) is 2.99. The van der Waals surface area contributed by atoms with E-state index in [4.69, 9.17) is 0 Å². The molecule has 25 heavy (non-hydrogen) atoms. The minimum Gasteiger partial charge on any atom is -0.333 e. The zero-order chi connectivity index (χ0) is 18.5. The summed E-state index contributed by atoms with van der Waals surface area (Å²) in [5.74, 6) is -0.0730. The maximum Gasteiger partial charge on any atom is 0.245 e. The molecule has 0 unspecified atom stereocenters. The van der Waals surface area contributed by atoms with Gasteiger partial charge in [-0.25, -0.2) is 4.98 Å². The minimum absolute atomic E-state index is 0.0920. The molecule has 0 saturated carbocycles. The first kappa shape index (κ1) is 21.6. The van der Waals surface area contributed by atoms with Crippen molar-refractivity contribution >= 4 is 28.3 Å². The zero-order valence-corrected chi connectivity index (χ0v) is 16.8. The number of hydrogen-bond donors (Lipinski definition) is 1. The summed E-state index contributed by atoms with van der Waals surface area (Å²) >= 11 is 1.45. The largest absolute Gasteiger partial charge is 0.333 e. The molecule has 2 amide bonds. The molecular weight excluding hydrogens is 334 g/mol. The highest BCUT2D eigenvalue weighted by Gasteiger charge is 2.17. The molecule has 1 aromatic rings. The van der Waals surface area contributed by atoms with Gasteiger partial charge in [0.2, 0.25) is 11.8 Å². The summed E-state index contributed by atoms with van der Waals surface area (Å²) in [6, 6.07) is 0. The third-order valence-electron chi connectivity index (χ3n) is 4.08. The zero-order valence-electron chi connectivity index (χ0n) is 16.0. The molecule has 142 valence electrons. The van der Waals surface area contributed by atoms with Gasteiger partial charge in [-0.15, -0.1) is 11.3 Å². The first-order valence-corrected chi connectivity index (χ1v) is 10.4. The lowest BCUT2D eigenvalue weighted by Crippen LogP contribution is -2.38. The summed E-state index contributed by atoms with van der Waals surface area (Å²) in [6.45, 7) is 7.01. The first-order valence-electron chi connectivity index (χ1n) is 9.56. The summed E-state index contributed by atoms with van der Waals surface area (Å²) in [6.07, 6.45) is 11.2. The number of nitrogens with zero attached hydrogens (tertiary/aromatic N) is 2. The van der Waals surface area contributed by atoms with Crippen molar-refractivity contribution in [1.29, 1.82) is 0 Å². The molecule has 0 fully saturated rings. The standard InChI is InChI=1S/C19H33N3O2S/c1-4-6-8-9-10-11-12-18(24)22(13-7-5-2)15-17(23)21-19-20-14-16(3)25-19/h14H,4-13,15H2,1-3H3,(H,20,21,23). The van der Waals surface area contributed by atoms with Crippen LogP contribution in [0.25, 0.3) is 0 Å². The van der Waals surface area contributed by atoms with Crippen LogP contribution in [-0.4, -0.2) is 34.8 Å². The fraction of sp³-hybridized carbons (Fsp3) is 0.737. The minimum atomic E-state index is -0.165. The fourth-order valence-corrected chi connectivity index (χ4v) is 3.28. The van der Waals surface area contributed by atoms with Crippen LogP contribution in [0.4, 0.5) is 5.13 Å². The van der Waals surface area contributed by atoms with E-state index in [9.17, 15) is 9.59 Å². The van der Waals surface area contributed by atoms with Gasteiger partial charge in [0.05, 0.1) is 6.54 Å². The molecule has 0 radical (unpaired) electrons. The van der Waals surface area contributed by atoms with Crippen LogP contribution in [0.3, 0.4) is 0 Å². The topological polar surface area (TPSA) is 62.3 Å². The molecule has 6 heteroatoms. The molecule has 1 aromatic heterocycles. The van der Waals surface area contributed by atoms with Crippen LogP contribution in [-0.2, 0) is 9.59 Å². The van der Waals surface area contributed by atoms with E-state index in [1.54, 1.807) is 11.1 Å². The quantitative estimate of drug-likeness (QED) is 0.511. The Morgan fingerprint density at radius 2 is 1.76 bits per heavy atom. The Bertz CT molecular complexity index is 517. The van der Waals surface area contributed by atoms with Gasteiger partial charge in [0.25, 0.3) is 0 Å². The molecule has 0 bridgehead atoms. The van der Waals surface area contributed by atoms with Gasteiger partial charge in [-0.05, 0) is 19.8 Å². The molecule has 0 aliphatic carbocycles. The van der Waals surface area contributed by atoms with Crippen LogP contribution >= 0.6 is 11.3 Å². The third kappa shape index (κ3) is 9.58. The number of nitrogens with one attached hydrogen (secondary N) is 1. The van der Waals surface area contributed by atoms with E-state index >= 15 is 0 Å². The molecule has 0 aliphatic rings. The molecule has 0 aromatic carbocycles. The van der Waals surface area contributed by atoms with E-state index in [2.05, 4.69) is 24.1 Å². The van der Waals surface area contributed by atoms with Crippen molar-refractivity contribution in [2.24, 2.45) is 0 Å². The van der Waals surface area contributed by atoms with Gasteiger partial charge in [-0.2, -0.15) is 0 Å². The number of rotatable bonds is 13. The smallest absolute Gasteiger partial charge is 0.245 e. The Morgan fingerprint density at radius 1 is 1.08 bits per heavy atom. The van der Waals surface area contributed by atoms with E-state index in [1.807, 2.05) is 6.92 Å². The molecule has 5 nitrogen and oxygen atoms in total. The Kier molecular flexibility index (Phi) is 11.1. The Hall–Kier alpha value is -1.43. The number of carbonyl (C=O) groups is 2. The molecule has 0 saturated heterocycles. The highest BCUT2D eigenvalue weighted by molar-refractivity contribution is 7.15. The average molecular weight is 368 g/mol. The van der Waals surface area contributed by atoms with E-state index < -0.39 is 0 Å². The Morgan fingerprint density at radius 3 is 2.40 bits per heavy atom. The summed E-state index contributed by atoms with van der Waals surface area (Å²) in [7, 11) is 0. The highest BCUT2D eigenvalue weighted by Crippen LogP contribution is 2.16. The van der Waals surface area contributed by atoms with Gasteiger partial charge in [-0.1, -0.05) is 52.4 Å². The lowest BCUT2D eigenvalue weighted by Gasteiger charge is -2.22. The van der Waals surface area contributed by atoms with E-state index in [1.165, 1.54) is 37.0 Å². The van der Waals surface area contributed by atoms with Gasteiger partial charge in [-0.3, -0.25) is 9.59 Å². The van der Waals surface area contributed by atoms with Crippen LogP contribution in [0.5, 0.6) is 0 Å².